The molecule has 0 spiro atoms. The molecule has 0 aromatic rings. The lowest BCUT2D eigenvalue weighted by Crippen LogP contribution is -2.30. The Bertz CT molecular complexity index is 859. The van der Waals surface area contributed by atoms with Crippen LogP contribution in [0.15, 0.2) is 24.3 Å². The fraction of sp³-hybridized carbons (Fsp3) is 0.860. The van der Waals surface area contributed by atoms with Gasteiger partial charge >= 0.3 is 17.9 Å². The van der Waals surface area contributed by atoms with Crippen LogP contribution in [-0.4, -0.2) is 37.2 Å². The highest BCUT2D eigenvalue weighted by atomic mass is 16.6. The lowest BCUT2D eigenvalue weighted by Gasteiger charge is -2.18. The zero-order valence-electron chi connectivity index (χ0n) is 37.4. The second kappa shape index (κ2) is 45.6. The Morgan fingerprint density at radius 2 is 0.589 bits per heavy atom. The number of esters is 3. The molecule has 0 rings (SSSR count). The smallest absolute Gasteiger partial charge is 0.306 e. The van der Waals surface area contributed by atoms with Gasteiger partial charge in [-0.15, -0.1) is 0 Å². The minimum atomic E-state index is -0.771. The monoisotopic (exact) mass is 789 g/mol. The van der Waals surface area contributed by atoms with Gasteiger partial charge in [0.1, 0.15) is 13.2 Å². The summed E-state index contributed by atoms with van der Waals surface area (Å²) < 4.78 is 16.7. The summed E-state index contributed by atoms with van der Waals surface area (Å²) in [5, 5.41) is 0. The highest BCUT2D eigenvalue weighted by Crippen LogP contribution is 2.15. The number of carbonyl (C=O) groups is 3. The van der Waals surface area contributed by atoms with Crippen LogP contribution >= 0.6 is 0 Å². The number of rotatable bonds is 44. The first-order chi connectivity index (χ1) is 27.5. The van der Waals surface area contributed by atoms with E-state index in [4.69, 9.17) is 14.2 Å². The summed E-state index contributed by atoms with van der Waals surface area (Å²) in [6.07, 6.45) is 50.1. The molecule has 0 N–H and O–H groups in total. The van der Waals surface area contributed by atoms with Gasteiger partial charge in [0.2, 0.25) is 0 Å². The third kappa shape index (κ3) is 43.0. The molecule has 0 saturated carbocycles. The molecule has 0 aromatic carbocycles. The van der Waals surface area contributed by atoms with E-state index in [-0.39, 0.29) is 31.1 Å². The Hall–Kier alpha value is -2.11. The third-order valence-corrected chi connectivity index (χ3v) is 10.7. The van der Waals surface area contributed by atoms with Crippen LogP contribution in [0, 0.1) is 0 Å². The maximum absolute atomic E-state index is 12.7. The topological polar surface area (TPSA) is 78.9 Å². The standard InChI is InChI=1S/C50H92O6/c1-4-7-10-13-16-19-22-25-28-30-33-36-39-42-48(51)54-45-47(56-50(53)44-41-38-35-32-27-24-21-18-15-12-9-6-3)46-55-49(52)43-40-37-34-31-29-26-23-20-17-14-11-8-5-2/h19-20,22-23,47H,4-18,21,24-46H2,1-3H3/b22-19-,23-20-. The van der Waals surface area contributed by atoms with E-state index < -0.39 is 6.10 Å². The van der Waals surface area contributed by atoms with Crippen LogP contribution in [0.1, 0.15) is 258 Å². The zero-order chi connectivity index (χ0) is 40.8. The average molecular weight is 789 g/mol. The molecule has 6 nitrogen and oxygen atoms in total. The molecule has 0 radical (unpaired) electrons. The molecule has 0 heterocycles. The molecule has 0 atom stereocenters. The number of hydrogen-bond acceptors (Lipinski definition) is 6. The zero-order valence-corrected chi connectivity index (χ0v) is 37.4. The van der Waals surface area contributed by atoms with E-state index in [2.05, 4.69) is 45.1 Å². The molecule has 0 fully saturated rings. The maximum atomic E-state index is 12.7. The van der Waals surface area contributed by atoms with Gasteiger partial charge in [-0.05, 0) is 70.6 Å². The number of carbonyl (C=O) groups excluding carboxylic acids is 3. The SMILES string of the molecule is CCCCCC/C=C\CCCCCCCC(=O)OCC(COC(=O)CCCCCCC/C=C\CCCCCC)OC(=O)CCCCCCCCCCCCCC. The van der Waals surface area contributed by atoms with E-state index in [1.165, 1.54) is 148 Å². The lowest BCUT2D eigenvalue weighted by atomic mass is 10.0. The maximum Gasteiger partial charge on any atom is 0.306 e. The van der Waals surface area contributed by atoms with Gasteiger partial charge in [0.05, 0.1) is 0 Å². The third-order valence-electron chi connectivity index (χ3n) is 10.7. The molecule has 56 heavy (non-hydrogen) atoms. The first-order valence-electron chi connectivity index (χ1n) is 24.3. The Kier molecular flexibility index (Phi) is 43.9. The predicted molar refractivity (Wildman–Crippen MR) is 238 cm³/mol. The molecule has 0 aliphatic heterocycles. The van der Waals surface area contributed by atoms with E-state index in [0.29, 0.717) is 19.3 Å². The molecule has 0 unspecified atom stereocenters. The molecule has 0 bridgehead atoms. The Morgan fingerprint density at radius 1 is 0.339 bits per heavy atom. The van der Waals surface area contributed by atoms with Crippen LogP contribution in [0.4, 0.5) is 0 Å². The van der Waals surface area contributed by atoms with Gasteiger partial charge < -0.3 is 14.2 Å². The Morgan fingerprint density at radius 3 is 0.911 bits per heavy atom. The molecule has 0 aromatic heterocycles. The fourth-order valence-corrected chi connectivity index (χ4v) is 6.96. The summed E-state index contributed by atoms with van der Waals surface area (Å²) in [4.78, 5) is 37.8. The second-order valence-corrected chi connectivity index (χ2v) is 16.4. The van der Waals surface area contributed by atoms with Crippen molar-refractivity contribution in [1.29, 1.82) is 0 Å². The largest absolute Gasteiger partial charge is 0.462 e. The highest BCUT2D eigenvalue weighted by Gasteiger charge is 2.19. The fourth-order valence-electron chi connectivity index (χ4n) is 6.96. The minimum absolute atomic E-state index is 0.0751. The van der Waals surface area contributed by atoms with Crippen LogP contribution in [0.3, 0.4) is 0 Å². The van der Waals surface area contributed by atoms with E-state index in [1.807, 2.05) is 0 Å². The van der Waals surface area contributed by atoms with Crippen molar-refractivity contribution in [3.63, 3.8) is 0 Å². The van der Waals surface area contributed by atoms with Crippen molar-refractivity contribution in [2.75, 3.05) is 13.2 Å². The van der Waals surface area contributed by atoms with E-state index >= 15 is 0 Å². The van der Waals surface area contributed by atoms with E-state index in [9.17, 15) is 14.4 Å². The molecule has 0 amide bonds. The van der Waals surface area contributed by atoms with Crippen LogP contribution in [0.5, 0.6) is 0 Å². The van der Waals surface area contributed by atoms with Gasteiger partial charge in [0.15, 0.2) is 6.10 Å². The van der Waals surface area contributed by atoms with Gasteiger partial charge in [-0.1, -0.05) is 193 Å². The van der Waals surface area contributed by atoms with Gasteiger partial charge in [0.25, 0.3) is 0 Å². The van der Waals surface area contributed by atoms with Gasteiger partial charge in [-0.25, -0.2) is 0 Å². The van der Waals surface area contributed by atoms with Crippen LogP contribution < -0.4 is 0 Å². The molecule has 328 valence electrons. The lowest BCUT2D eigenvalue weighted by molar-refractivity contribution is -0.167. The predicted octanol–water partition coefficient (Wildman–Crippen LogP) is 15.6. The molecular weight excluding hydrogens is 697 g/mol. The minimum Gasteiger partial charge on any atom is -0.462 e. The van der Waals surface area contributed by atoms with Crippen molar-refractivity contribution in [2.24, 2.45) is 0 Å². The summed E-state index contributed by atoms with van der Waals surface area (Å²) in [6.45, 7) is 6.60. The van der Waals surface area contributed by atoms with Crippen molar-refractivity contribution >= 4 is 17.9 Å². The summed E-state index contributed by atoms with van der Waals surface area (Å²) in [5.74, 6) is -0.884. The summed E-state index contributed by atoms with van der Waals surface area (Å²) in [6, 6.07) is 0. The number of unbranched alkanes of at least 4 members (excludes halogenated alkanes) is 29. The number of ether oxygens (including phenoxy) is 3. The molecular formula is C50H92O6. The first kappa shape index (κ1) is 53.9. The number of allylic oxidation sites excluding steroid dienone is 4. The molecule has 0 aliphatic carbocycles. The summed E-state index contributed by atoms with van der Waals surface area (Å²) >= 11 is 0. The van der Waals surface area contributed by atoms with Crippen LogP contribution in [-0.2, 0) is 28.6 Å². The van der Waals surface area contributed by atoms with E-state index in [0.717, 1.165) is 70.6 Å². The van der Waals surface area contributed by atoms with Crippen molar-refractivity contribution in [3.8, 4) is 0 Å². The van der Waals surface area contributed by atoms with Gasteiger partial charge in [0, 0.05) is 19.3 Å². The van der Waals surface area contributed by atoms with E-state index in [1.54, 1.807) is 0 Å². The summed E-state index contributed by atoms with van der Waals surface area (Å²) in [7, 11) is 0. The van der Waals surface area contributed by atoms with Crippen LogP contribution in [0.25, 0.3) is 0 Å². The van der Waals surface area contributed by atoms with Gasteiger partial charge in [-0.2, -0.15) is 0 Å². The van der Waals surface area contributed by atoms with Crippen molar-refractivity contribution in [1.82, 2.24) is 0 Å². The second-order valence-electron chi connectivity index (χ2n) is 16.4. The van der Waals surface area contributed by atoms with Crippen molar-refractivity contribution < 1.29 is 28.6 Å². The quantitative estimate of drug-likeness (QED) is 0.0265. The van der Waals surface area contributed by atoms with Crippen molar-refractivity contribution in [2.45, 2.75) is 264 Å². The number of hydrogen-bond donors (Lipinski definition) is 0. The molecule has 0 saturated heterocycles. The summed E-state index contributed by atoms with van der Waals surface area (Å²) in [5.41, 5.74) is 0. The Balaban J connectivity index is 4.37. The van der Waals surface area contributed by atoms with Crippen LogP contribution in [0.2, 0.25) is 0 Å². The van der Waals surface area contributed by atoms with Crippen molar-refractivity contribution in [3.05, 3.63) is 24.3 Å². The highest BCUT2D eigenvalue weighted by molar-refractivity contribution is 5.71. The average Bonchev–Trinajstić information content (AvgIpc) is 3.19. The normalized spacial score (nSPS) is 11.6. The first-order valence-corrected chi connectivity index (χ1v) is 24.3. The molecule has 0 aliphatic rings. The Labute approximate surface area is 347 Å². The molecule has 6 heteroatoms. The van der Waals surface area contributed by atoms with Gasteiger partial charge in [-0.3, -0.25) is 14.4 Å².